The minimum Gasteiger partial charge on any atom is -0.286 e. The van der Waals surface area contributed by atoms with Gasteiger partial charge in [-0.2, -0.15) is 0 Å². The number of benzene rings is 1. The van der Waals surface area contributed by atoms with Gasteiger partial charge in [0, 0.05) is 22.0 Å². The van der Waals surface area contributed by atoms with Gasteiger partial charge in [0.1, 0.15) is 0 Å². The zero-order chi connectivity index (χ0) is 10.7. The van der Waals surface area contributed by atoms with Crippen LogP contribution in [-0.2, 0) is 0 Å². The van der Waals surface area contributed by atoms with Crippen LogP contribution in [0, 0.1) is 0 Å². The second kappa shape index (κ2) is 4.59. The molecule has 4 heteroatoms. The average molecular weight is 235 g/mol. The molecule has 0 atom stereocenters. The maximum absolute atomic E-state index is 11.8. The van der Waals surface area contributed by atoms with Crippen molar-refractivity contribution >= 4 is 28.9 Å². The highest BCUT2D eigenvalue weighted by atomic mass is 32.2. The summed E-state index contributed by atoms with van der Waals surface area (Å²) >= 11 is 3.03. The van der Waals surface area contributed by atoms with Crippen LogP contribution < -0.4 is 0 Å². The zero-order valence-corrected chi connectivity index (χ0v) is 9.77. The molecular weight excluding hydrogens is 226 g/mol. The number of rotatable bonds is 3. The summed E-state index contributed by atoms with van der Waals surface area (Å²) in [4.78, 5) is 17.0. The number of carbonyl (C=O) groups excluding carboxylic acids is 1. The maximum Gasteiger partial charge on any atom is 0.221 e. The molecule has 15 heavy (non-hydrogen) atoms. The lowest BCUT2D eigenvalue weighted by atomic mass is 10.1. The van der Waals surface area contributed by atoms with Gasteiger partial charge in [0.25, 0.3) is 0 Å². The molecule has 0 N–H and O–H groups in total. The summed E-state index contributed by atoms with van der Waals surface area (Å²) in [5, 5.41) is 2.36. The molecule has 0 fully saturated rings. The van der Waals surface area contributed by atoms with Crippen LogP contribution in [0.3, 0.4) is 0 Å². The zero-order valence-electron chi connectivity index (χ0n) is 8.14. The van der Waals surface area contributed by atoms with Gasteiger partial charge in [0.05, 0.1) is 0 Å². The van der Waals surface area contributed by atoms with Crippen LogP contribution in [0.5, 0.6) is 0 Å². The van der Waals surface area contributed by atoms with Crippen molar-refractivity contribution in [3.05, 3.63) is 46.4 Å². The van der Waals surface area contributed by atoms with Crippen LogP contribution in [0.1, 0.15) is 15.4 Å². The molecule has 2 nitrogen and oxygen atoms in total. The highest BCUT2D eigenvalue weighted by molar-refractivity contribution is 7.98. The summed E-state index contributed by atoms with van der Waals surface area (Å²) in [5.74, 6) is -0.00217. The fourth-order valence-electron chi connectivity index (χ4n) is 1.20. The Labute approximate surface area is 96.4 Å². The molecule has 0 amide bonds. The van der Waals surface area contributed by atoms with Gasteiger partial charge in [-0.1, -0.05) is 0 Å². The van der Waals surface area contributed by atoms with E-state index < -0.39 is 0 Å². The van der Waals surface area contributed by atoms with Crippen LogP contribution in [0.15, 0.2) is 40.7 Å². The first kappa shape index (κ1) is 10.4. The van der Waals surface area contributed by atoms with Crippen molar-refractivity contribution in [2.24, 2.45) is 0 Å². The number of thioether (sulfide) groups is 1. The highest BCUT2D eigenvalue weighted by Crippen LogP contribution is 2.17. The van der Waals surface area contributed by atoms with Crippen molar-refractivity contribution in [2.75, 3.05) is 6.26 Å². The standard InChI is InChI=1S/C11H9NOS2/c1-14-9-4-2-8(3-5-9)10(13)11-12-6-7-15-11/h2-7H,1H3. The van der Waals surface area contributed by atoms with Crippen LogP contribution in [-0.4, -0.2) is 17.0 Å². The third-order valence-electron chi connectivity index (χ3n) is 1.98. The Morgan fingerprint density at radius 1 is 1.33 bits per heavy atom. The minimum atomic E-state index is -0.00217. The molecule has 1 heterocycles. The van der Waals surface area contributed by atoms with E-state index in [0.29, 0.717) is 10.6 Å². The van der Waals surface area contributed by atoms with Crippen LogP contribution in [0.4, 0.5) is 0 Å². The first-order valence-electron chi connectivity index (χ1n) is 4.39. The van der Waals surface area contributed by atoms with Crippen molar-refractivity contribution in [1.82, 2.24) is 4.98 Å². The van der Waals surface area contributed by atoms with Gasteiger partial charge in [-0.15, -0.1) is 23.1 Å². The summed E-state index contributed by atoms with van der Waals surface area (Å²) in [6.07, 6.45) is 3.66. The summed E-state index contributed by atoms with van der Waals surface area (Å²) in [5.41, 5.74) is 0.697. The summed E-state index contributed by atoms with van der Waals surface area (Å²) in [6, 6.07) is 7.59. The Morgan fingerprint density at radius 2 is 2.07 bits per heavy atom. The van der Waals surface area contributed by atoms with E-state index in [0.717, 1.165) is 4.90 Å². The smallest absolute Gasteiger partial charge is 0.221 e. The fourth-order valence-corrected chi connectivity index (χ4v) is 2.21. The Kier molecular flexibility index (Phi) is 3.18. The van der Waals surface area contributed by atoms with Gasteiger partial charge in [-0.05, 0) is 30.5 Å². The molecule has 0 spiro atoms. The van der Waals surface area contributed by atoms with Crippen LogP contribution in [0.25, 0.3) is 0 Å². The van der Waals surface area contributed by atoms with E-state index in [1.54, 1.807) is 18.0 Å². The first-order chi connectivity index (χ1) is 7.31. The number of ketones is 1. The first-order valence-corrected chi connectivity index (χ1v) is 6.50. The second-order valence-corrected chi connectivity index (χ2v) is 4.67. The van der Waals surface area contributed by atoms with E-state index in [-0.39, 0.29) is 5.78 Å². The molecule has 76 valence electrons. The molecule has 0 bridgehead atoms. The Hall–Kier alpha value is -1.13. The SMILES string of the molecule is CSc1ccc(C(=O)c2nccs2)cc1. The van der Waals surface area contributed by atoms with Gasteiger partial charge in [-0.3, -0.25) is 4.79 Å². The largest absolute Gasteiger partial charge is 0.286 e. The molecule has 0 saturated carbocycles. The van der Waals surface area contributed by atoms with Gasteiger partial charge >= 0.3 is 0 Å². The number of nitrogens with zero attached hydrogens (tertiary/aromatic N) is 1. The molecule has 0 aliphatic carbocycles. The second-order valence-electron chi connectivity index (χ2n) is 2.89. The Morgan fingerprint density at radius 3 is 2.60 bits per heavy atom. The average Bonchev–Trinajstić information content (AvgIpc) is 2.82. The maximum atomic E-state index is 11.8. The topological polar surface area (TPSA) is 30.0 Å². The summed E-state index contributed by atoms with van der Waals surface area (Å²) in [6.45, 7) is 0. The number of hydrogen-bond acceptors (Lipinski definition) is 4. The third-order valence-corrected chi connectivity index (χ3v) is 3.49. The number of carbonyl (C=O) groups is 1. The normalized spacial score (nSPS) is 10.2. The molecule has 2 rings (SSSR count). The fraction of sp³-hybridized carbons (Fsp3) is 0.0909. The van der Waals surface area contributed by atoms with Crippen LogP contribution in [0.2, 0.25) is 0 Å². The Bertz CT molecular complexity index is 448. The molecule has 1 aromatic carbocycles. The van der Waals surface area contributed by atoms with Crippen molar-refractivity contribution in [2.45, 2.75) is 4.90 Å². The summed E-state index contributed by atoms with van der Waals surface area (Å²) < 4.78 is 0. The summed E-state index contributed by atoms with van der Waals surface area (Å²) in [7, 11) is 0. The predicted molar refractivity (Wildman–Crippen MR) is 63.8 cm³/mol. The molecule has 0 aliphatic rings. The number of aromatic nitrogens is 1. The van der Waals surface area contributed by atoms with E-state index in [4.69, 9.17) is 0 Å². The third kappa shape index (κ3) is 2.27. The lowest BCUT2D eigenvalue weighted by Gasteiger charge is -1.98. The molecule has 0 unspecified atom stereocenters. The molecule has 1 aromatic heterocycles. The van der Waals surface area contributed by atoms with E-state index >= 15 is 0 Å². The van der Waals surface area contributed by atoms with Crippen molar-refractivity contribution in [1.29, 1.82) is 0 Å². The van der Waals surface area contributed by atoms with Crippen LogP contribution >= 0.6 is 23.1 Å². The predicted octanol–water partition coefficient (Wildman–Crippen LogP) is 3.10. The molecular formula is C11H9NOS2. The molecule has 0 aliphatic heterocycles. The Balaban J connectivity index is 2.27. The van der Waals surface area contributed by atoms with E-state index in [2.05, 4.69) is 4.98 Å². The van der Waals surface area contributed by atoms with Gasteiger partial charge < -0.3 is 0 Å². The van der Waals surface area contributed by atoms with Crippen molar-refractivity contribution < 1.29 is 4.79 Å². The van der Waals surface area contributed by atoms with Gasteiger partial charge in [-0.25, -0.2) is 4.98 Å². The monoisotopic (exact) mass is 235 g/mol. The van der Waals surface area contributed by atoms with Gasteiger partial charge in [0.2, 0.25) is 5.78 Å². The quantitative estimate of drug-likeness (QED) is 0.605. The highest BCUT2D eigenvalue weighted by Gasteiger charge is 2.10. The van der Waals surface area contributed by atoms with E-state index in [1.807, 2.05) is 35.9 Å². The lowest BCUT2D eigenvalue weighted by Crippen LogP contribution is -1.99. The van der Waals surface area contributed by atoms with Crippen molar-refractivity contribution in [3.63, 3.8) is 0 Å². The van der Waals surface area contributed by atoms with E-state index in [9.17, 15) is 4.79 Å². The number of hydrogen-bond donors (Lipinski definition) is 0. The van der Waals surface area contributed by atoms with Crippen molar-refractivity contribution in [3.8, 4) is 0 Å². The molecule has 0 saturated heterocycles. The lowest BCUT2D eigenvalue weighted by molar-refractivity contribution is 0.103. The molecule has 0 radical (unpaired) electrons. The molecule has 2 aromatic rings. The minimum absolute atomic E-state index is 0.00217. The van der Waals surface area contributed by atoms with E-state index in [1.165, 1.54) is 11.3 Å². The number of thiazole rings is 1. The van der Waals surface area contributed by atoms with Gasteiger partial charge in [0.15, 0.2) is 5.01 Å².